The molecule has 1 rings (SSSR count). The third-order valence-corrected chi connectivity index (χ3v) is 1.95. The highest BCUT2D eigenvalue weighted by atomic mass is 16.6. The molecule has 1 fully saturated rings. The molecule has 0 amide bonds. The number of unbranched alkanes of at least 4 members (excludes halogenated alkanes) is 1. The van der Waals surface area contributed by atoms with Gasteiger partial charge in [0.15, 0.2) is 0 Å². The average Bonchev–Trinajstić information content (AvgIpc) is 2.94. The van der Waals surface area contributed by atoms with Crippen LogP contribution in [0, 0.1) is 0 Å². The van der Waals surface area contributed by atoms with Gasteiger partial charge in [0.05, 0.1) is 19.8 Å². The van der Waals surface area contributed by atoms with Crippen molar-refractivity contribution in [1.82, 2.24) is 0 Å². The Morgan fingerprint density at radius 3 is 3.00 bits per heavy atom. The molecule has 3 heteroatoms. The molecule has 1 atom stereocenters. The van der Waals surface area contributed by atoms with Gasteiger partial charge in [0.25, 0.3) is 0 Å². The van der Waals surface area contributed by atoms with E-state index in [4.69, 9.17) is 4.74 Å². The summed E-state index contributed by atoms with van der Waals surface area (Å²) in [6.07, 6.45) is 8.03. The topological polar surface area (TPSA) is 38.8 Å². The summed E-state index contributed by atoms with van der Waals surface area (Å²) in [7, 11) is 1.42. The van der Waals surface area contributed by atoms with E-state index in [1.807, 2.05) is 0 Å². The van der Waals surface area contributed by atoms with Crippen LogP contribution in [0.4, 0.5) is 0 Å². The van der Waals surface area contributed by atoms with E-state index in [0.717, 1.165) is 25.9 Å². The summed E-state index contributed by atoms with van der Waals surface area (Å²) >= 11 is 0. The molecule has 1 aliphatic rings. The first-order valence-electron chi connectivity index (χ1n) is 4.66. The molecular formula is C10H16O3. The highest BCUT2D eigenvalue weighted by molar-refractivity contribution is 5.68. The molecule has 0 N–H and O–H groups in total. The monoisotopic (exact) mass is 184 g/mol. The number of hydrogen-bond donors (Lipinski definition) is 0. The first-order chi connectivity index (χ1) is 6.33. The second-order valence-electron chi connectivity index (χ2n) is 3.13. The zero-order valence-electron chi connectivity index (χ0n) is 7.99. The number of rotatable bonds is 6. The van der Waals surface area contributed by atoms with Crippen molar-refractivity contribution in [3.8, 4) is 0 Å². The third kappa shape index (κ3) is 5.42. The quantitative estimate of drug-likeness (QED) is 0.273. The molecule has 0 spiro atoms. The maximum atomic E-state index is 10.7. The van der Waals surface area contributed by atoms with Crippen LogP contribution in [0.25, 0.3) is 0 Å². The molecule has 1 saturated heterocycles. The Morgan fingerprint density at radius 1 is 1.62 bits per heavy atom. The van der Waals surface area contributed by atoms with Crippen molar-refractivity contribution in [2.45, 2.75) is 31.8 Å². The number of carbonyl (C=O) groups excluding carboxylic acids is 1. The number of esters is 1. The number of methoxy groups -OCH3 is 1. The minimum atomic E-state index is -0.126. The normalized spacial score (nSPS) is 20.5. The fraction of sp³-hybridized carbons (Fsp3) is 0.700. The second kappa shape index (κ2) is 5.75. The first kappa shape index (κ1) is 10.3. The lowest BCUT2D eigenvalue weighted by Crippen LogP contribution is -1.98. The standard InChI is InChI=1S/C10H16O3/c1-12-10(11)7-5-3-2-4-6-9-8-13-9/h2,4,9H,3,5-8H2,1H3/b4-2-/t9-/m0/s1. The van der Waals surface area contributed by atoms with Gasteiger partial charge in [-0.2, -0.15) is 0 Å². The number of ether oxygens (including phenoxy) is 2. The number of allylic oxidation sites excluding steroid dienone is 1. The summed E-state index contributed by atoms with van der Waals surface area (Å²) in [5, 5.41) is 0. The van der Waals surface area contributed by atoms with Crippen LogP contribution >= 0.6 is 0 Å². The molecule has 0 aromatic heterocycles. The van der Waals surface area contributed by atoms with E-state index >= 15 is 0 Å². The second-order valence-corrected chi connectivity index (χ2v) is 3.13. The van der Waals surface area contributed by atoms with Crippen LogP contribution < -0.4 is 0 Å². The lowest BCUT2D eigenvalue weighted by atomic mass is 10.2. The Balaban J connectivity index is 1.87. The molecule has 0 aliphatic carbocycles. The Hall–Kier alpha value is -0.830. The highest BCUT2D eigenvalue weighted by Crippen LogP contribution is 2.13. The highest BCUT2D eigenvalue weighted by Gasteiger charge is 2.19. The lowest BCUT2D eigenvalue weighted by molar-refractivity contribution is -0.140. The average molecular weight is 184 g/mol. The maximum absolute atomic E-state index is 10.7. The Labute approximate surface area is 78.7 Å². The van der Waals surface area contributed by atoms with Crippen LogP contribution in [0.3, 0.4) is 0 Å². The molecule has 0 aromatic carbocycles. The molecule has 3 nitrogen and oxygen atoms in total. The van der Waals surface area contributed by atoms with E-state index in [1.165, 1.54) is 7.11 Å². The number of hydrogen-bond acceptors (Lipinski definition) is 3. The van der Waals surface area contributed by atoms with E-state index in [1.54, 1.807) is 0 Å². The Bertz CT molecular complexity index is 183. The van der Waals surface area contributed by atoms with Gasteiger partial charge < -0.3 is 9.47 Å². The summed E-state index contributed by atoms with van der Waals surface area (Å²) in [6, 6.07) is 0. The molecule has 0 unspecified atom stereocenters. The van der Waals surface area contributed by atoms with Crippen molar-refractivity contribution in [1.29, 1.82) is 0 Å². The first-order valence-corrected chi connectivity index (χ1v) is 4.66. The van der Waals surface area contributed by atoms with Crippen molar-refractivity contribution in [2.75, 3.05) is 13.7 Å². The molecular weight excluding hydrogens is 168 g/mol. The van der Waals surface area contributed by atoms with Gasteiger partial charge in [-0.3, -0.25) is 4.79 Å². The van der Waals surface area contributed by atoms with Crippen molar-refractivity contribution in [3.63, 3.8) is 0 Å². The van der Waals surface area contributed by atoms with Crippen molar-refractivity contribution >= 4 is 5.97 Å². The lowest BCUT2D eigenvalue weighted by Gasteiger charge is -1.95. The van der Waals surface area contributed by atoms with Gasteiger partial charge in [0.1, 0.15) is 0 Å². The Kier molecular flexibility index (Phi) is 4.54. The van der Waals surface area contributed by atoms with Gasteiger partial charge in [0, 0.05) is 6.42 Å². The molecule has 0 radical (unpaired) electrons. The van der Waals surface area contributed by atoms with E-state index < -0.39 is 0 Å². The largest absolute Gasteiger partial charge is 0.469 e. The van der Waals surface area contributed by atoms with Crippen LogP contribution in [0.1, 0.15) is 25.7 Å². The molecule has 0 aromatic rings. The van der Waals surface area contributed by atoms with Gasteiger partial charge in [-0.05, 0) is 19.3 Å². The summed E-state index contributed by atoms with van der Waals surface area (Å²) in [5.41, 5.74) is 0. The van der Waals surface area contributed by atoms with Crippen molar-refractivity contribution in [2.24, 2.45) is 0 Å². The molecule has 1 heterocycles. The minimum Gasteiger partial charge on any atom is -0.469 e. The summed E-state index contributed by atoms with van der Waals surface area (Å²) in [4.78, 5) is 10.7. The predicted octanol–water partition coefficient (Wildman–Crippen LogP) is 1.67. The maximum Gasteiger partial charge on any atom is 0.305 e. The van der Waals surface area contributed by atoms with Crippen LogP contribution in [-0.4, -0.2) is 25.8 Å². The fourth-order valence-corrected chi connectivity index (χ4v) is 1.04. The summed E-state index contributed by atoms with van der Waals surface area (Å²) in [6.45, 7) is 0.909. The van der Waals surface area contributed by atoms with E-state index in [9.17, 15) is 4.79 Å². The third-order valence-electron chi connectivity index (χ3n) is 1.95. The van der Waals surface area contributed by atoms with E-state index in [2.05, 4.69) is 16.9 Å². The van der Waals surface area contributed by atoms with Crippen LogP contribution in [0.5, 0.6) is 0 Å². The molecule has 0 bridgehead atoms. The molecule has 1 aliphatic heterocycles. The van der Waals surface area contributed by atoms with Gasteiger partial charge in [-0.1, -0.05) is 12.2 Å². The molecule has 0 saturated carbocycles. The van der Waals surface area contributed by atoms with Crippen molar-refractivity contribution in [3.05, 3.63) is 12.2 Å². The smallest absolute Gasteiger partial charge is 0.305 e. The number of epoxide rings is 1. The summed E-state index contributed by atoms with van der Waals surface area (Å²) in [5.74, 6) is -0.126. The zero-order chi connectivity index (χ0) is 9.52. The minimum absolute atomic E-state index is 0.126. The fourth-order valence-electron chi connectivity index (χ4n) is 1.04. The molecule has 74 valence electrons. The van der Waals surface area contributed by atoms with Gasteiger partial charge >= 0.3 is 5.97 Å². The molecule has 13 heavy (non-hydrogen) atoms. The number of carbonyl (C=O) groups is 1. The van der Waals surface area contributed by atoms with E-state index in [0.29, 0.717) is 12.5 Å². The SMILES string of the molecule is COC(=O)CCC/C=C\C[C@H]1CO1. The predicted molar refractivity (Wildman–Crippen MR) is 49.4 cm³/mol. The Morgan fingerprint density at radius 2 is 2.38 bits per heavy atom. The van der Waals surface area contributed by atoms with Crippen LogP contribution in [0.15, 0.2) is 12.2 Å². The zero-order valence-corrected chi connectivity index (χ0v) is 7.99. The van der Waals surface area contributed by atoms with Crippen LogP contribution in [-0.2, 0) is 14.3 Å². The van der Waals surface area contributed by atoms with E-state index in [-0.39, 0.29) is 5.97 Å². The summed E-state index contributed by atoms with van der Waals surface area (Å²) < 4.78 is 9.57. The van der Waals surface area contributed by atoms with Gasteiger partial charge in [-0.25, -0.2) is 0 Å². The van der Waals surface area contributed by atoms with Crippen LogP contribution in [0.2, 0.25) is 0 Å². The van der Waals surface area contributed by atoms with Gasteiger partial charge in [-0.15, -0.1) is 0 Å². The van der Waals surface area contributed by atoms with Gasteiger partial charge in [0.2, 0.25) is 0 Å². The van der Waals surface area contributed by atoms with Crippen molar-refractivity contribution < 1.29 is 14.3 Å².